The molecule has 0 aliphatic carbocycles. The minimum absolute atomic E-state index is 0.113. The van der Waals surface area contributed by atoms with Crippen molar-refractivity contribution >= 4 is 35.5 Å². The summed E-state index contributed by atoms with van der Waals surface area (Å²) in [6.07, 6.45) is -0.245. The number of Topliss-reactive ketones (excluding diaryl/α,β-unsaturated/α-hetero) is 1. The average molecular weight is 349 g/mol. The molecular formula is C11H22InO5. The van der Waals surface area contributed by atoms with Gasteiger partial charge in [0, 0.05) is 0 Å². The van der Waals surface area contributed by atoms with E-state index in [1.54, 1.807) is 13.8 Å². The molecule has 0 saturated carbocycles. The number of hydrogen-bond acceptors (Lipinski definition) is 5. The first-order valence-electron chi connectivity index (χ1n) is 5.67. The number of ether oxygens (including phenoxy) is 1. The molecule has 0 aromatic rings. The number of carbonyl (C=O) groups is 2. The zero-order valence-electron chi connectivity index (χ0n) is 11.3. The van der Waals surface area contributed by atoms with Crippen molar-refractivity contribution in [2.24, 2.45) is 0 Å². The zero-order valence-corrected chi connectivity index (χ0v) is 14.6. The Morgan fingerprint density at radius 3 is 1.88 bits per heavy atom. The van der Waals surface area contributed by atoms with Crippen molar-refractivity contribution in [1.82, 2.24) is 0 Å². The Morgan fingerprint density at radius 2 is 1.59 bits per heavy atom. The van der Waals surface area contributed by atoms with Crippen molar-refractivity contribution in [1.29, 1.82) is 0 Å². The van der Waals surface area contributed by atoms with E-state index >= 15 is 0 Å². The molecule has 0 aliphatic heterocycles. The van der Waals surface area contributed by atoms with Gasteiger partial charge in [0.15, 0.2) is 0 Å². The molecule has 0 bridgehead atoms. The Balaban J connectivity index is 0. The normalized spacial score (nSPS) is 9.29. The molecule has 0 aromatic heterocycles. The summed E-state index contributed by atoms with van der Waals surface area (Å²) < 4.78 is 14.8. The number of esters is 1. The van der Waals surface area contributed by atoms with Gasteiger partial charge in [0.25, 0.3) is 0 Å². The van der Waals surface area contributed by atoms with Gasteiger partial charge in [0.2, 0.25) is 0 Å². The summed E-state index contributed by atoms with van der Waals surface area (Å²) in [6.45, 7) is 10.5. The van der Waals surface area contributed by atoms with Gasteiger partial charge in [-0.2, -0.15) is 0 Å². The third kappa shape index (κ3) is 21.7. The molecule has 6 heteroatoms. The van der Waals surface area contributed by atoms with Crippen molar-refractivity contribution in [3.63, 3.8) is 0 Å². The van der Waals surface area contributed by atoms with E-state index in [-0.39, 0.29) is 18.3 Å². The SMILES string of the molecule is CC(=O)CC(=O)OC(C)C.CC[O][In][O]CC. The van der Waals surface area contributed by atoms with E-state index in [2.05, 4.69) is 0 Å². The minimum atomic E-state index is -0.966. The van der Waals surface area contributed by atoms with Gasteiger partial charge in [0.05, 0.1) is 6.10 Å². The summed E-state index contributed by atoms with van der Waals surface area (Å²) in [5.74, 6) is -0.604. The van der Waals surface area contributed by atoms with E-state index in [0.717, 1.165) is 13.2 Å². The van der Waals surface area contributed by atoms with Crippen molar-refractivity contribution in [3.05, 3.63) is 0 Å². The molecule has 0 atom stereocenters. The number of carbonyl (C=O) groups excluding carboxylic acids is 2. The van der Waals surface area contributed by atoms with E-state index in [9.17, 15) is 9.59 Å². The Labute approximate surface area is 116 Å². The van der Waals surface area contributed by atoms with Crippen LogP contribution >= 0.6 is 0 Å². The van der Waals surface area contributed by atoms with Gasteiger partial charge < -0.3 is 4.74 Å². The first-order chi connectivity index (χ1) is 7.93. The van der Waals surface area contributed by atoms with E-state index in [4.69, 9.17) is 10.4 Å². The van der Waals surface area contributed by atoms with Gasteiger partial charge in [-0.3, -0.25) is 9.59 Å². The second-order valence-corrected chi connectivity index (χ2v) is 5.88. The average Bonchev–Trinajstić information content (AvgIpc) is 2.16. The Kier molecular flexibility index (Phi) is 15.9. The Bertz CT molecular complexity index is 202. The second kappa shape index (κ2) is 14.0. The number of rotatable bonds is 7. The van der Waals surface area contributed by atoms with Gasteiger partial charge in [0.1, 0.15) is 12.2 Å². The van der Waals surface area contributed by atoms with Gasteiger partial charge in [-0.15, -0.1) is 0 Å². The zero-order chi connectivity index (χ0) is 13.7. The molecule has 0 heterocycles. The molecule has 0 fully saturated rings. The maximum atomic E-state index is 10.6. The first kappa shape index (κ1) is 19.3. The molecule has 0 aliphatic rings. The number of ketones is 1. The molecule has 99 valence electrons. The van der Waals surface area contributed by atoms with Crippen LogP contribution in [0.5, 0.6) is 0 Å². The summed E-state index contributed by atoms with van der Waals surface area (Å²) in [4.78, 5) is 21.0. The summed E-state index contributed by atoms with van der Waals surface area (Å²) in [6, 6.07) is 0. The molecule has 0 rings (SSSR count). The second-order valence-electron chi connectivity index (χ2n) is 3.42. The fourth-order valence-electron chi connectivity index (χ4n) is 0.692. The molecule has 5 nitrogen and oxygen atoms in total. The van der Waals surface area contributed by atoms with Gasteiger partial charge in [-0.05, 0) is 20.8 Å². The van der Waals surface area contributed by atoms with Crippen LogP contribution in [-0.2, 0) is 20.0 Å². The van der Waals surface area contributed by atoms with Crippen LogP contribution in [0.1, 0.15) is 41.0 Å². The van der Waals surface area contributed by atoms with Crippen molar-refractivity contribution < 1.29 is 20.0 Å². The van der Waals surface area contributed by atoms with Crippen LogP contribution in [0.15, 0.2) is 0 Å². The van der Waals surface area contributed by atoms with Crippen LogP contribution in [0, 0.1) is 0 Å². The fraction of sp³-hybridized carbons (Fsp3) is 0.818. The third-order valence-electron chi connectivity index (χ3n) is 1.23. The Hall–Kier alpha value is -0.0699. The van der Waals surface area contributed by atoms with Crippen LogP contribution < -0.4 is 0 Å². The first-order valence-corrected chi connectivity index (χ1v) is 8.36. The molecule has 17 heavy (non-hydrogen) atoms. The fourth-order valence-corrected chi connectivity index (χ4v) is 1.74. The summed E-state index contributed by atoms with van der Waals surface area (Å²) in [7, 11) is 0. The number of hydrogen-bond donors (Lipinski definition) is 0. The molecule has 0 saturated heterocycles. The van der Waals surface area contributed by atoms with Crippen LogP contribution in [0.4, 0.5) is 0 Å². The van der Waals surface area contributed by atoms with Gasteiger partial charge in [-0.25, -0.2) is 0 Å². The summed E-state index contributed by atoms with van der Waals surface area (Å²) in [5, 5.41) is 0. The van der Waals surface area contributed by atoms with Crippen molar-refractivity contribution in [2.75, 3.05) is 13.2 Å². The molecule has 0 unspecified atom stereocenters. The third-order valence-corrected chi connectivity index (χ3v) is 3.91. The monoisotopic (exact) mass is 349 g/mol. The quantitative estimate of drug-likeness (QED) is 0.396. The van der Waals surface area contributed by atoms with E-state index < -0.39 is 29.7 Å². The van der Waals surface area contributed by atoms with E-state index in [1.807, 2.05) is 13.8 Å². The van der Waals surface area contributed by atoms with Gasteiger partial charge in [-0.1, -0.05) is 0 Å². The molecule has 0 amide bonds. The van der Waals surface area contributed by atoms with Gasteiger partial charge >= 0.3 is 62.5 Å². The predicted molar refractivity (Wildman–Crippen MR) is 65.5 cm³/mol. The van der Waals surface area contributed by atoms with Crippen LogP contribution in [-0.4, -0.2) is 54.8 Å². The summed E-state index contributed by atoms with van der Waals surface area (Å²) in [5.41, 5.74) is 0. The van der Waals surface area contributed by atoms with E-state index in [0.29, 0.717) is 0 Å². The van der Waals surface area contributed by atoms with E-state index in [1.165, 1.54) is 6.92 Å². The van der Waals surface area contributed by atoms with Crippen molar-refractivity contribution in [2.45, 2.75) is 47.1 Å². The van der Waals surface area contributed by atoms with Crippen LogP contribution in [0.25, 0.3) is 0 Å². The van der Waals surface area contributed by atoms with Crippen LogP contribution in [0.2, 0.25) is 0 Å². The summed E-state index contributed by atoms with van der Waals surface area (Å²) >= 11 is -0.966. The molecule has 0 spiro atoms. The molecule has 1 radical (unpaired) electrons. The standard InChI is InChI=1S/C7H12O3.2C2H5O.In/c1-5(2)10-7(9)4-6(3)8;2*1-2-3;/h5H,4H2,1-3H3;2*2H2,1H3;/q;2*-1;+2. The maximum absolute atomic E-state index is 10.6. The predicted octanol–water partition coefficient (Wildman–Crippen LogP) is 1.51. The molecule has 0 N–H and O–H groups in total. The van der Waals surface area contributed by atoms with Crippen molar-refractivity contribution in [3.8, 4) is 0 Å². The molecular weight excluding hydrogens is 327 g/mol. The topological polar surface area (TPSA) is 61.8 Å². The molecule has 0 aromatic carbocycles. The Morgan fingerprint density at radius 1 is 1.12 bits per heavy atom. The van der Waals surface area contributed by atoms with Crippen LogP contribution in [0.3, 0.4) is 0 Å².